The summed E-state index contributed by atoms with van der Waals surface area (Å²) >= 11 is 0. The van der Waals surface area contributed by atoms with E-state index in [2.05, 4.69) is 21.3 Å². The van der Waals surface area contributed by atoms with E-state index >= 15 is 0 Å². The first kappa shape index (κ1) is 16.2. The third kappa shape index (κ3) is 3.46. The van der Waals surface area contributed by atoms with Gasteiger partial charge in [0.25, 0.3) is 0 Å². The Hall–Kier alpha value is -2.66. The van der Waals surface area contributed by atoms with Gasteiger partial charge in [-0.3, -0.25) is 4.79 Å². The lowest BCUT2D eigenvalue weighted by Gasteiger charge is -2.07. The van der Waals surface area contributed by atoms with Crippen molar-refractivity contribution in [3.05, 3.63) is 48.5 Å². The van der Waals surface area contributed by atoms with Crippen LogP contribution in [-0.4, -0.2) is 29.1 Å². The van der Waals surface area contributed by atoms with Crippen molar-refractivity contribution >= 4 is 22.6 Å². The highest BCUT2D eigenvalue weighted by molar-refractivity contribution is 5.91. The largest absolute Gasteiger partial charge is 0.327 e. The molecule has 3 rings (SSSR count). The number of para-hydroxylation sites is 2. The van der Waals surface area contributed by atoms with Crippen LogP contribution in [-0.2, 0) is 11.8 Å². The molecule has 0 fully saturated rings. The summed E-state index contributed by atoms with van der Waals surface area (Å²) in [6.45, 7) is 0.846. The van der Waals surface area contributed by atoms with Gasteiger partial charge in [-0.15, -0.1) is 0 Å². The lowest BCUT2D eigenvalue weighted by Crippen LogP contribution is -2.15. The minimum atomic E-state index is 0.0423. The fourth-order valence-electron chi connectivity index (χ4n) is 2.76. The first-order valence-electron chi connectivity index (χ1n) is 8.15. The smallest absolute Gasteiger partial charge is 0.224 e. The molecular formula is C19H22N4O. The second-order valence-corrected chi connectivity index (χ2v) is 5.82. The first-order valence-corrected chi connectivity index (χ1v) is 8.15. The molecule has 24 heavy (non-hydrogen) atoms. The number of aromatic nitrogens is 2. The van der Waals surface area contributed by atoms with Gasteiger partial charge in [-0.25, -0.2) is 4.98 Å². The molecule has 0 aliphatic heterocycles. The van der Waals surface area contributed by atoms with E-state index in [1.54, 1.807) is 0 Å². The number of carbonyl (C=O) groups is 1. The molecule has 5 nitrogen and oxygen atoms in total. The number of hydrogen-bond acceptors (Lipinski definition) is 3. The number of benzene rings is 2. The zero-order chi connectivity index (χ0) is 16.9. The molecule has 2 aromatic carbocycles. The van der Waals surface area contributed by atoms with Gasteiger partial charge in [0.15, 0.2) is 0 Å². The van der Waals surface area contributed by atoms with Crippen LogP contribution in [0.15, 0.2) is 48.5 Å². The van der Waals surface area contributed by atoms with E-state index in [9.17, 15) is 4.79 Å². The van der Waals surface area contributed by atoms with E-state index in [-0.39, 0.29) is 5.91 Å². The SMILES string of the molecule is CNCCCC(=O)Nc1ccc(-c2nc3ccccc3n2C)cc1. The number of nitrogens with one attached hydrogen (secondary N) is 2. The van der Waals surface area contributed by atoms with Crippen molar-refractivity contribution in [1.82, 2.24) is 14.9 Å². The van der Waals surface area contributed by atoms with Gasteiger partial charge < -0.3 is 15.2 Å². The van der Waals surface area contributed by atoms with Crippen molar-refractivity contribution in [2.45, 2.75) is 12.8 Å². The number of rotatable bonds is 6. The van der Waals surface area contributed by atoms with E-state index in [0.717, 1.165) is 41.1 Å². The molecule has 0 bridgehead atoms. The van der Waals surface area contributed by atoms with Crippen LogP contribution in [0.5, 0.6) is 0 Å². The lowest BCUT2D eigenvalue weighted by molar-refractivity contribution is -0.116. The number of imidazole rings is 1. The van der Waals surface area contributed by atoms with E-state index < -0.39 is 0 Å². The van der Waals surface area contributed by atoms with Gasteiger partial charge in [-0.05, 0) is 56.4 Å². The summed E-state index contributed by atoms with van der Waals surface area (Å²) in [4.78, 5) is 16.6. The highest BCUT2D eigenvalue weighted by atomic mass is 16.1. The summed E-state index contributed by atoms with van der Waals surface area (Å²) in [6, 6.07) is 15.9. The molecule has 1 amide bonds. The number of amides is 1. The Morgan fingerprint density at radius 2 is 1.88 bits per heavy atom. The maximum atomic E-state index is 11.9. The van der Waals surface area contributed by atoms with Crippen LogP contribution in [0.3, 0.4) is 0 Å². The summed E-state index contributed by atoms with van der Waals surface area (Å²) in [5.41, 5.74) is 3.93. The summed E-state index contributed by atoms with van der Waals surface area (Å²) in [6.07, 6.45) is 1.35. The number of aryl methyl sites for hydroxylation is 1. The maximum absolute atomic E-state index is 11.9. The highest BCUT2D eigenvalue weighted by Crippen LogP contribution is 2.24. The Labute approximate surface area is 141 Å². The summed E-state index contributed by atoms with van der Waals surface area (Å²) in [7, 11) is 3.90. The van der Waals surface area contributed by atoms with Gasteiger partial charge in [0.2, 0.25) is 5.91 Å². The predicted octanol–water partition coefficient (Wildman–Crippen LogP) is 3.18. The van der Waals surface area contributed by atoms with Gasteiger partial charge in [0.1, 0.15) is 5.82 Å². The zero-order valence-corrected chi connectivity index (χ0v) is 14.0. The highest BCUT2D eigenvalue weighted by Gasteiger charge is 2.09. The monoisotopic (exact) mass is 322 g/mol. The molecule has 5 heteroatoms. The van der Waals surface area contributed by atoms with Crippen molar-refractivity contribution < 1.29 is 4.79 Å². The average molecular weight is 322 g/mol. The Balaban J connectivity index is 1.74. The van der Waals surface area contributed by atoms with Crippen LogP contribution in [0.4, 0.5) is 5.69 Å². The number of fused-ring (bicyclic) bond motifs is 1. The predicted molar refractivity (Wildman–Crippen MR) is 97.9 cm³/mol. The summed E-state index contributed by atoms with van der Waals surface area (Å²) < 4.78 is 2.08. The van der Waals surface area contributed by atoms with Crippen LogP contribution >= 0.6 is 0 Å². The topological polar surface area (TPSA) is 59.0 Å². The maximum Gasteiger partial charge on any atom is 0.224 e. The normalized spacial score (nSPS) is 10.9. The van der Waals surface area contributed by atoms with Crippen LogP contribution in [0.1, 0.15) is 12.8 Å². The molecule has 0 spiro atoms. The van der Waals surface area contributed by atoms with Gasteiger partial charge in [-0.1, -0.05) is 12.1 Å². The number of anilines is 1. The molecule has 2 N–H and O–H groups in total. The molecule has 0 unspecified atom stereocenters. The third-order valence-corrected chi connectivity index (χ3v) is 4.04. The molecule has 1 heterocycles. The molecule has 0 saturated carbocycles. The van der Waals surface area contributed by atoms with Crippen molar-refractivity contribution in [1.29, 1.82) is 0 Å². The van der Waals surface area contributed by atoms with E-state index in [1.807, 2.05) is 56.6 Å². The minimum absolute atomic E-state index is 0.0423. The molecule has 0 aliphatic rings. The second kappa shape index (κ2) is 7.27. The summed E-state index contributed by atoms with van der Waals surface area (Å²) in [5.74, 6) is 0.962. The number of nitrogens with zero attached hydrogens (tertiary/aromatic N) is 2. The minimum Gasteiger partial charge on any atom is -0.327 e. The van der Waals surface area contributed by atoms with Gasteiger partial charge >= 0.3 is 0 Å². The average Bonchev–Trinajstić information content (AvgIpc) is 2.93. The van der Waals surface area contributed by atoms with E-state index in [0.29, 0.717) is 6.42 Å². The molecular weight excluding hydrogens is 300 g/mol. The molecule has 3 aromatic rings. The third-order valence-electron chi connectivity index (χ3n) is 4.04. The molecule has 0 atom stereocenters. The summed E-state index contributed by atoms with van der Waals surface area (Å²) in [5, 5.41) is 5.97. The Bertz CT molecular complexity index is 836. The molecule has 0 radical (unpaired) electrons. The molecule has 1 aromatic heterocycles. The second-order valence-electron chi connectivity index (χ2n) is 5.82. The molecule has 0 saturated heterocycles. The van der Waals surface area contributed by atoms with Gasteiger partial charge in [0, 0.05) is 24.7 Å². The van der Waals surface area contributed by atoms with Gasteiger partial charge in [-0.2, -0.15) is 0 Å². The van der Waals surface area contributed by atoms with Crippen molar-refractivity contribution in [2.75, 3.05) is 18.9 Å². The zero-order valence-electron chi connectivity index (χ0n) is 14.0. The quantitative estimate of drug-likeness (QED) is 0.685. The number of carbonyl (C=O) groups excluding carboxylic acids is 1. The van der Waals surface area contributed by atoms with Crippen LogP contribution in [0.25, 0.3) is 22.4 Å². The van der Waals surface area contributed by atoms with E-state index in [1.165, 1.54) is 0 Å². The van der Waals surface area contributed by atoms with Crippen LogP contribution in [0.2, 0.25) is 0 Å². The standard InChI is InChI=1S/C19H22N4O/c1-20-13-5-8-18(24)21-15-11-9-14(10-12-15)19-22-16-6-3-4-7-17(16)23(19)2/h3-4,6-7,9-12,20H,5,8,13H2,1-2H3,(H,21,24). The fraction of sp³-hybridized carbons (Fsp3) is 0.263. The van der Waals surface area contributed by atoms with Crippen LogP contribution < -0.4 is 10.6 Å². The van der Waals surface area contributed by atoms with E-state index in [4.69, 9.17) is 4.98 Å². The Kier molecular flexibility index (Phi) is 4.91. The van der Waals surface area contributed by atoms with Gasteiger partial charge in [0.05, 0.1) is 11.0 Å². The molecule has 124 valence electrons. The van der Waals surface area contributed by atoms with Crippen molar-refractivity contribution in [2.24, 2.45) is 7.05 Å². The van der Waals surface area contributed by atoms with Crippen molar-refractivity contribution in [3.63, 3.8) is 0 Å². The fourth-order valence-corrected chi connectivity index (χ4v) is 2.76. The first-order chi connectivity index (χ1) is 11.7. The van der Waals surface area contributed by atoms with Crippen LogP contribution in [0, 0.1) is 0 Å². The number of hydrogen-bond donors (Lipinski definition) is 2. The van der Waals surface area contributed by atoms with Crippen molar-refractivity contribution in [3.8, 4) is 11.4 Å². The Morgan fingerprint density at radius 3 is 2.58 bits per heavy atom. The lowest BCUT2D eigenvalue weighted by atomic mass is 10.2. The Morgan fingerprint density at radius 1 is 1.12 bits per heavy atom. The molecule has 0 aliphatic carbocycles.